The molecule has 0 radical (unpaired) electrons. The summed E-state index contributed by atoms with van der Waals surface area (Å²) in [4.78, 5) is 2.25. The van der Waals surface area contributed by atoms with Gasteiger partial charge >= 0.3 is 0 Å². The Hall–Kier alpha value is -2.30. The third kappa shape index (κ3) is 3.22. The molecule has 0 saturated carbocycles. The van der Waals surface area contributed by atoms with Crippen molar-refractivity contribution >= 4 is 34.6 Å². The molecule has 1 unspecified atom stereocenters. The standard InChI is InChI=1S/C21H20ClN3S/c1-15-8-10-16(11-9-15)20-19-7-4-12-24(19)13-14-25(20)21(26)23-18-6-3-2-5-17(18)22/h2-12,20H,13-14H2,1H3,(H,23,26). The van der Waals surface area contributed by atoms with Crippen molar-refractivity contribution < 1.29 is 0 Å². The molecule has 2 heterocycles. The SMILES string of the molecule is Cc1ccc(C2c3cccn3CCN2C(=S)Nc2ccccc2Cl)cc1. The Kier molecular flexibility index (Phi) is 4.70. The van der Waals surface area contributed by atoms with Crippen molar-refractivity contribution in [1.29, 1.82) is 0 Å². The number of benzene rings is 2. The third-order valence-corrected chi connectivity index (χ3v) is 5.47. The quantitative estimate of drug-likeness (QED) is 0.612. The number of nitrogens with zero attached hydrogens (tertiary/aromatic N) is 2. The normalized spacial score (nSPS) is 16.2. The zero-order chi connectivity index (χ0) is 18.1. The maximum absolute atomic E-state index is 6.30. The second-order valence-corrected chi connectivity index (χ2v) is 7.34. The van der Waals surface area contributed by atoms with E-state index < -0.39 is 0 Å². The van der Waals surface area contributed by atoms with E-state index in [1.54, 1.807) is 0 Å². The Morgan fingerprint density at radius 3 is 2.58 bits per heavy atom. The van der Waals surface area contributed by atoms with Crippen LogP contribution in [0.1, 0.15) is 22.9 Å². The van der Waals surface area contributed by atoms with Crippen LogP contribution in [0.5, 0.6) is 0 Å². The zero-order valence-corrected chi connectivity index (χ0v) is 16.1. The Balaban J connectivity index is 1.68. The van der Waals surface area contributed by atoms with Crippen LogP contribution in [0.4, 0.5) is 5.69 Å². The summed E-state index contributed by atoms with van der Waals surface area (Å²) in [5.74, 6) is 0. The van der Waals surface area contributed by atoms with Gasteiger partial charge in [0.1, 0.15) is 0 Å². The summed E-state index contributed by atoms with van der Waals surface area (Å²) < 4.78 is 2.30. The lowest BCUT2D eigenvalue weighted by Gasteiger charge is -2.39. The Labute approximate surface area is 164 Å². The number of para-hydroxylation sites is 1. The minimum Gasteiger partial charge on any atom is -0.348 e. The molecule has 2 aromatic carbocycles. The number of aryl methyl sites for hydroxylation is 1. The van der Waals surface area contributed by atoms with E-state index >= 15 is 0 Å². The van der Waals surface area contributed by atoms with E-state index in [9.17, 15) is 0 Å². The maximum atomic E-state index is 6.30. The van der Waals surface area contributed by atoms with Crippen molar-refractivity contribution in [3.05, 3.63) is 88.7 Å². The van der Waals surface area contributed by atoms with Crippen LogP contribution in [0.25, 0.3) is 0 Å². The highest BCUT2D eigenvalue weighted by atomic mass is 35.5. The number of anilines is 1. The van der Waals surface area contributed by atoms with Gasteiger partial charge in [-0.3, -0.25) is 0 Å². The second kappa shape index (κ2) is 7.14. The van der Waals surface area contributed by atoms with Crippen LogP contribution in [-0.2, 0) is 6.54 Å². The zero-order valence-electron chi connectivity index (χ0n) is 14.5. The minimum atomic E-state index is 0.0850. The summed E-state index contributed by atoms with van der Waals surface area (Å²) in [6.45, 7) is 3.86. The molecule has 0 bridgehead atoms. The number of hydrogen-bond acceptors (Lipinski definition) is 1. The van der Waals surface area contributed by atoms with Gasteiger partial charge in [0.05, 0.1) is 16.8 Å². The molecule has 0 saturated heterocycles. The summed E-state index contributed by atoms with van der Waals surface area (Å²) in [7, 11) is 0. The average molecular weight is 382 g/mol. The van der Waals surface area contributed by atoms with Crippen LogP contribution in [0, 0.1) is 6.92 Å². The molecular formula is C21H20ClN3S. The van der Waals surface area contributed by atoms with Gasteiger partial charge in [0.15, 0.2) is 5.11 Å². The van der Waals surface area contributed by atoms with Crippen molar-refractivity contribution in [1.82, 2.24) is 9.47 Å². The van der Waals surface area contributed by atoms with Crippen LogP contribution in [0.2, 0.25) is 5.02 Å². The van der Waals surface area contributed by atoms with Crippen molar-refractivity contribution in [2.24, 2.45) is 0 Å². The van der Waals surface area contributed by atoms with E-state index in [-0.39, 0.29) is 6.04 Å². The van der Waals surface area contributed by atoms with E-state index in [0.29, 0.717) is 10.1 Å². The van der Waals surface area contributed by atoms with Crippen molar-refractivity contribution in [2.75, 3.05) is 11.9 Å². The van der Waals surface area contributed by atoms with Crippen molar-refractivity contribution in [3.8, 4) is 0 Å². The van der Waals surface area contributed by atoms with Crippen LogP contribution >= 0.6 is 23.8 Å². The first kappa shape index (κ1) is 17.1. The molecule has 132 valence electrons. The van der Waals surface area contributed by atoms with Gasteiger partial charge in [-0.2, -0.15) is 0 Å². The summed E-state index contributed by atoms with van der Waals surface area (Å²) in [6, 6.07) is 20.7. The van der Waals surface area contributed by atoms with Gasteiger partial charge in [0, 0.05) is 25.0 Å². The fraction of sp³-hybridized carbons (Fsp3) is 0.190. The van der Waals surface area contributed by atoms with E-state index in [0.717, 1.165) is 18.8 Å². The highest BCUT2D eigenvalue weighted by molar-refractivity contribution is 7.80. The van der Waals surface area contributed by atoms with Crippen LogP contribution in [-0.4, -0.2) is 21.1 Å². The number of nitrogens with one attached hydrogen (secondary N) is 1. The fourth-order valence-electron chi connectivity index (χ4n) is 3.45. The highest BCUT2D eigenvalue weighted by Crippen LogP contribution is 2.33. The maximum Gasteiger partial charge on any atom is 0.174 e. The van der Waals surface area contributed by atoms with Gasteiger partial charge in [-0.15, -0.1) is 0 Å². The minimum absolute atomic E-state index is 0.0850. The number of rotatable bonds is 2. The fourth-order valence-corrected chi connectivity index (χ4v) is 3.94. The first-order valence-corrected chi connectivity index (χ1v) is 9.46. The molecule has 1 atom stereocenters. The molecule has 5 heteroatoms. The molecule has 26 heavy (non-hydrogen) atoms. The number of aromatic nitrogens is 1. The molecule has 1 aliphatic rings. The summed E-state index contributed by atoms with van der Waals surface area (Å²) >= 11 is 12.1. The number of hydrogen-bond donors (Lipinski definition) is 1. The molecule has 3 nitrogen and oxygen atoms in total. The van der Waals surface area contributed by atoms with Gasteiger partial charge < -0.3 is 14.8 Å². The molecule has 0 amide bonds. The van der Waals surface area contributed by atoms with Gasteiger partial charge in [0.25, 0.3) is 0 Å². The first-order valence-electron chi connectivity index (χ1n) is 8.67. The molecule has 3 aromatic rings. The topological polar surface area (TPSA) is 20.2 Å². The highest BCUT2D eigenvalue weighted by Gasteiger charge is 2.30. The second-order valence-electron chi connectivity index (χ2n) is 6.54. The predicted octanol–water partition coefficient (Wildman–Crippen LogP) is 5.25. The largest absolute Gasteiger partial charge is 0.348 e. The number of fused-ring (bicyclic) bond motifs is 1. The molecule has 0 aliphatic carbocycles. The summed E-state index contributed by atoms with van der Waals surface area (Å²) in [6.07, 6.45) is 2.14. The lowest BCUT2D eigenvalue weighted by Crippen LogP contribution is -2.44. The summed E-state index contributed by atoms with van der Waals surface area (Å²) in [5.41, 5.74) is 4.58. The van der Waals surface area contributed by atoms with Crippen molar-refractivity contribution in [2.45, 2.75) is 19.5 Å². The lowest BCUT2D eigenvalue weighted by atomic mass is 9.99. The lowest BCUT2D eigenvalue weighted by molar-refractivity contribution is 0.293. The molecule has 1 aromatic heterocycles. The molecule has 1 N–H and O–H groups in total. The van der Waals surface area contributed by atoms with E-state index in [2.05, 4.69) is 64.3 Å². The van der Waals surface area contributed by atoms with Gasteiger partial charge in [-0.25, -0.2) is 0 Å². The van der Waals surface area contributed by atoms with Gasteiger partial charge in [-0.1, -0.05) is 53.6 Å². The van der Waals surface area contributed by atoms with Crippen molar-refractivity contribution in [3.63, 3.8) is 0 Å². The van der Waals surface area contributed by atoms with E-state index in [1.807, 2.05) is 24.3 Å². The van der Waals surface area contributed by atoms with E-state index in [4.69, 9.17) is 23.8 Å². The van der Waals surface area contributed by atoms with Crippen LogP contribution in [0.15, 0.2) is 66.9 Å². The average Bonchev–Trinajstić information content (AvgIpc) is 3.12. The van der Waals surface area contributed by atoms with E-state index in [1.165, 1.54) is 16.8 Å². The Morgan fingerprint density at radius 2 is 1.81 bits per heavy atom. The molecule has 0 fully saturated rings. The summed E-state index contributed by atoms with van der Waals surface area (Å²) in [5, 5.41) is 4.69. The first-order chi connectivity index (χ1) is 12.6. The van der Waals surface area contributed by atoms with Crippen LogP contribution < -0.4 is 5.32 Å². The third-order valence-electron chi connectivity index (χ3n) is 4.81. The molecule has 4 rings (SSSR count). The van der Waals surface area contributed by atoms with Crippen LogP contribution in [0.3, 0.4) is 0 Å². The Bertz CT molecular complexity index is 932. The molecular weight excluding hydrogens is 362 g/mol. The predicted molar refractivity (Wildman–Crippen MR) is 112 cm³/mol. The molecule has 0 spiro atoms. The smallest absolute Gasteiger partial charge is 0.174 e. The number of thiocarbonyl (C=S) groups is 1. The van der Waals surface area contributed by atoms with Gasteiger partial charge in [0.2, 0.25) is 0 Å². The Morgan fingerprint density at radius 1 is 1.04 bits per heavy atom. The van der Waals surface area contributed by atoms with Gasteiger partial charge in [-0.05, 0) is 49.0 Å². The molecule has 1 aliphatic heterocycles. The monoisotopic (exact) mass is 381 g/mol. The number of halogens is 1.